The van der Waals surface area contributed by atoms with Crippen molar-refractivity contribution in [1.82, 2.24) is 5.32 Å². The van der Waals surface area contributed by atoms with Crippen LogP contribution in [0.5, 0.6) is 0 Å². The fourth-order valence-corrected chi connectivity index (χ4v) is 2.76. The zero-order valence-electron chi connectivity index (χ0n) is 9.00. The van der Waals surface area contributed by atoms with Crippen LogP contribution in [0.4, 0.5) is 4.39 Å². The summed E-state index contributed by atoms with van der Waals surface area (Å²) < 4.78 is 13.8. The molecule has 0 aliphatic rings. The maximum Gasteiger partial charge on any atom is 0.261 e. The van der Waals surface area contributed by atoms with Gasteiger partial charge in [-0.2, -0.15) is 0 Å². The Labute approximate surface area is 111 Å². The molecular weight excluding hydrogens is 305 g/mol. The summed E-state index contributed by atoms with van der Waals surface area (Å²) in [5.41, 5.74) is 0. The van der Waals surface area contributed by atoms with Gasteiger partial charge < -0.3 is 5.32 Å². The molecule has 2 nitrogen and oxygen atoms in total. The lowest BCUT2D eigenvalue weighted by Gasteiger charge is -2.00. The topological polar surface area (TPSA) is 29.1 Å². The van der Waals surface area contributed by atoms with Gasteiger partial charge in [0.25, 0.3) is 5.91 Å². The Morgan fingerprint density at radius 3 is 3.00 bits per heavy atom. The number of benzene rings is 1. The number of amides is 1. The number of carbonyl (C=O) groups excluding carboxylic acids is 1. The van der Waals surface area contributed by atoms with Crippen LogP contribution in [0, 0.1) is 5.82 Å². The molecule has 1 aromatic heterocycles. The molecule has 2 rings (SSSR count). The van der Waals surface area contributed by atoms with E-state index in [1.165, 1.54) is 23.5 Å². The molecule has 0 unspecified atom stereocenters. The number of nitrogens with one attached hydrogen (secondary N) is 1. The molecule has 0 saturated carbocycles. The molecule has 0 aliphatic heterocycles. The van der Waals surface area contributed by atoms with E-state index >= 15 is 0 Å². The molecule has 0 spiro atoms. The first-order valence-corrected chi connectivity index (χ1v) is 7.18. The van der Waals surface area contributed by atoms with Gasteiger partial charge in [-0.05, 0) is 30.0 Å². The van der Waals surface area contributed by atoms with E-state index in [9.17, 15) is 9.18 Å². The van der Waals surface area contributed by atoms with Crippen LogP contribution >= 0.6 is 27.3 Å². The van der Waals surface area contributed by atoms with Gasteiger partial charge in [0.2, 0.25) is 0 Å². The van der Waals surface area contributed by atoms with E-state index in [2.05, 4.69) is 21.2 Å². The lowest BCUT2D eigenvalue weighted by molar-refractivity contribution is 0.0958. The van der Waals surface area contributed by atoms with Crippen LogP contribution in [0.2, 0.25) is 0 Å². The summed E-state index contributed by atoms with van der Waals surface area (Å²) in [7, 11) is 0. The molecule has 0 fully saturated rings. The minimum absolute atomic E-state index is 0.0902. The largest absolute Gasteiger partial charge is 0.351 e. The molecule has 0 aliphatic carbocycles. The molecule has 1 heterocycles. The zero-order valence-corrected chi connectivity index (χ0v) is 11.4. The Kier molecular flexibility index (Phi) is 4.12. The van der Waals surface area contributed by atoms with Crippen molar-refractivity contribution >= 4 is 43.3 Å². The van der Waals surface area contributed by atoms with Crippen molar-refractivity contribution in [3.63, 3.8) is 0 Å². The Morgan fingerprint density at radius 2 is 2.24 bits per heavy atom. The van der Waals surface area contributed by atoms with E-state index in [0.29, 0.717) is 11.4 Å². The average molecular weight is 316 g/mol. The number of thiophene rings is 1. The Bertz CT molecular complexity index is 540. The highest BCUT2D eigenvalue weighted by molar-refractivity contribution is 9.09. The van der Waals surface area contributed by atoms with Crippen LogP contribution in [0.1, 0.15) is 16.1 Å². The number of fused-ring (bicyclic) bond motifs is 1. The maximum absolute atomic E-state index is 13.0. The van der Waals surface area contributed by atoms with Gasteiger partial charge in [-0.15, -0.1) is 11.3 Å². The molecule has 0 atom stereocenters. The third-order valence-electron chi connectivity index (χ3n) is 2.30. The first-order chi connectivity index (χ1) is 8.20. The predicted octanol–water partition coefficient (Wildman–Crippen LogP) is 3.56. The van der Waals surface area contributed by atoms with E-state index in [-0.39, 0.29) is 11.7 Å². The van der Waals surface area contributed by atoms with Crippen molar-refractivity contribution in [3.05, 3.63) is 35.0 Å². The summed E-state index contributed by atoms with van der Waals surface area (Å²) in [5, 5.41) is 4.59. The molecular formula is C12H11BrFNOS. The van der Waals surface area contributed by atoms with E-state index in [1.54, 1.807) is 12.1 Å². The van der Waals surface area contributed by atoms with Crippen LogP contribution in [0.3, 0.4) is 0 Å². The highest BCUT2D eigenvalue weighted by Gasteiger charge is 2.09. The summed E-state index contributed by atoms with van der Waals surface area (Å²) in [4.78, 5) is 12.4. The molecule has 90 valence electrons. The smallest absolute Gasteiger partial charge is 0.261 e. The zero-order chi connectivity index (χ0) is 12.3. The fraction of sp³-hybridized carbons (Fsp3) is 0.250. The van der Waals surface area contributed by atoms with Crippen molar-refractivity contribution in [2.24, 2.45) is 0 Å². The van der Waals surface area contributed by atoms with Crippen LogP contribution in [0.25, 0.3) is 10.1 Å². The second kappa shape index (κ2) is 5.60. The highest BCUT2D eigenvalue weighted by atomic mass is 79.9. The first kappa shape index (κ1) is 12.5. The number of hydrogen-bond donors (Lipinski definition) is 1. The lowest BCUT2D eigenvalue weighted by atomic mass is 10.2. The number of carbonyl (C=O) groups is 1. The van der Waals surface area contributed by atoms with Gasteiger partial charge in [0.15, 0.2) is 0 Å². The van der Waals surface area contributed by atoms with E-state index in [0.717, 1.165) is 21.8 Å². The van der Waals surface area contributed by atoms with E-state index in [1.807, 2.05) is 0 Å². The summed E-state index contributed by atoms with van der Waals surface area (Å²) >= 11 is 4.62. The minimum Gasteiger partial charge on any atom is -0.351 e. The molecule has 0 bridgehead atoms. The van der Waals surface area contributed by atoms with Crippen LogP contribution in [-0.2, 0) is 0 Å². The number of halogens is 2. The van der Waals surface area contributed by atoms with Crippen molar-refractivity contribution in [2.75, 3.05) is 11.9 Å². The molecule has 1 aromatic carbocycles. The standard InChI is InChI=1S/C12H11BrFNOS/c13-4-1-5-15-12(16)11-6-8-2-3-9(14)7-10(8)17-11/h2-3,6-7H,1,4-5H2,(H,15,16). The monoisotopic (exact) mass is 315 g/mol. The van der Waals surface area contributed by atoms with Gasteiger partial charge >= 0.3 is 0 Å². The molecule has 17 heavy (non-hydrogen) atoms. The predicted molar refractivity (Wildman–Crippen MR) is 72.5 cm³/mol. The van der Waals surface area contributed by atoms with Gasteiger partial charge in [-0.3, -0.25) is 4.79 Å². The third-order valence-corrected chi connectivity index (χ3v) is 3.96. The summed E-state index contributed by atoms with van der Waals surface area (Å²) in [6, 6.07) is 6.34. The molecule has 0 radical (unpaired) electrons. The molecule has 5 heteroatoms. The number of alkyl halides is 1. The summed E-state index contributed by atoms with van der Waals surface area (Å²) in [6.45, 7) is 0.646. The number of rotatable bonds is 4. The quantitative estimate of drug-likeness (QED) is 0.678. The van der Waals surface area contributed by atoms with Crippen LogP contribution in [0.15, 0.2) is 24.3 Å². The van der Waals surface area contributed by atoms with E-state index in [4.69, 9.17) is 0 Å². The van der Waals surface area contributed by atoms with Gasteiger partial charge in [0.05, 0.1) is 4.88 Å². The third kappa shape index (κ3) is 3.04. The van der Waals surface area contributed by atoms with Crippen molar-refractivity contribution in [2.45, 2.75) is 6.42 Å². The van der Waals surface area contributed by atoms with Crippen molar-refractivity contribution < 1.29 is 9.18 Å². The normalized spacial score (nSPS) is 10.7. The first-order valence-electron chi connectivity index (χ1n) is 5.24. The van der Waals surface area contributed by atoms with Gasteiger partial charge in [-0.25, -0.2) is 4.39 Å². The SMILES string of the molecule is O=C(NCCCBr)c1cc2ccc(F)cc2s1. The molecule has 2 aromatic rings. The summed E-state index contributed by atoms with van der Waals surface area (Å²) in [6.07, 6.45) is 0.894. The van der Waals surface area contributed by atoms with Crippen molar-refractivity contribution in [1.29, 1.82) is 0 Å². The second-order valence-electron chi connectivity index (χ2n) is 3.59. The Balaban J connectivity index is 2.15. The Hall–Kier alpha value is -0.940. The molecule has 1 amide bonds. The maximum atomic E-state index is 13.0. The van der Waals surface area contributed by atoms with Gasteiger partial charge in [0, 0.05) is 16.6 Å². The van der Waals surface area contributed by atoms with Gasteiger partial charge in [-0.1, -0.05) is 22.0 Å². The van der Waals surface area contributed by atoms with Crippen LogP contribution in [-0.4, -0.2) is 17.8 Å². The number of hydrogen-bond acceptors (Lipinski definition) is 2. The van der Waals surface area contributed by atoms with Crippen molar-refractivity contribution in [3.8, 4) is 0 Å². The fourth-order valence-electron chi connectivity index (χ4n) is 1.47. The Morgan fingerprint density at radius 1 is 1.41 bits per heavy atom. The second-order valence-corrected chi connectivity index (χ2v) is 5.47. The molecule has 1 N–H and O–H groups in total. The van der Waals surface area contributed by atoms with Gasteiger partial charge in [0.1, 0.15) is 5.82 Å². The lowest BCUT2D eigenvalue weighted by Crippen LogP contribution is -2.23. The summed E-state index contributed by atoms with van der Waals surface area (Å²) in [5.74, 6) is -0.363. The highest BCUT2D eigenvalue weighted by Crippen LogP contribution is 2.26. The van der Waals surface area contributed by atoms with Crippen LogP contribution < -0.4 is 5.32 Å². The average Bonchev–Trinajstić information content (AvgIpc) is 2.72. The van der Waals surface area contributed by atoms with E-state index < -0.39 is 0 Å². The molecule has 0 saturated heterocycles. The minimum atomic E-state index is -0.273.